The second-order valence-corrected chi connectivity index (χ2v) is 2.82. The summed E-state index contributed by atoms with van der Waals surface area (Å²) in [7, 11) is 0. The van der Waals surface area contributed by atoms with Crippen LogP contribution in [0.3, 0.4) is 0 Å². The molecule has 2 N–H and O–H groups in total. The molecule has 0 aromatic heterocycles. The third kappa shape index (κ3) is 1.91. The first-order chi connectivity index (χ1) is 5.27. The van der Waals surface area contributed by atoms with Crippen LogP contribution in [0.4, 0.5) is 0 Å². The molecular formula is C7H13NO3. The number of aliphatic hydroxyl groups is 2. The summed E-state index contributed by atoms with van der Waals surface area (Å²) in [6, 6.07) is 0. The molecule has 1 heterocycles. The second kappa shape index (κ2) is 3.69. The molecule has 1 unspecified atom stereocenters. The number of aliphatic hydroxyl groups excluding tert-OH is 2. The first kappa shape index (κ1) is 8.49. The lowest BCUT2D eigenvalue weighted by atomic mass is 10.1. The maximum absolute atomic E-state index is 11.0. The summed E-state index contributed by atoms with van der Waals surface area (Å²) in [6.07, 6.45) is 0.427. The third-order valence-electron chi connectivity index (χ3n) is 1.92. The van der Waals surface area contributed by atoms with Gasteiger partial charge < -0.3 is 15.1 Å². The number of carbonyl (C=O) groups excluding carboxylic acids is 1. The predicted molar refractivity (Wildman–Crippen MR) is 38.9 cm³/mol. The molecule has 1 aliphatic heterocycles. The maximum Gasteiger partial charge on any atom is 0.223 e. The predicted octanol–water partition coefficient (Wildman–Crippen LogP) is -1.18. The van der Waals surface area contributed by atoms with Crippen molar-refractivity contribution in [3.05, 3.63) is 0 Å². The molecule has 0 saturated carbocycles. The van der Waals surface area contributed by atoms with E-state index < -0.39 is 0 Å². The number of carbonyl (C=O) groups is 1. The van der Waals surface area contributed by atoms with Crippen molar-refractivity contribution in [2.24, 2.45) is 5.92 Å². The highest BCUT2D eigenvalue weighted by molar-refractivity contribution is 5.78. The molecule has 1 atom stereocenters. The van der Waals surface area contributed by atoms with E-state index in [0.717, 1.165) is 0 Å². The Kier molecular flexibility index (Phi) is 2.84. The van der Waals surface area contributed by atoms with Crippen LogP contribution in [0.15, 0.2) is 0 Å². The van der Waals surface area contributed by atoms with Crippen molar-refractivity contribution in [2.45, 2.75) is 6.42 Å². The molecule has 0 aliphatic carbocycles. The molecule has 1 amide bonds. The van der Waals surface area contributed by atoms with Gasteiger partial charge in [0.05, 0.1) is 6.61 Å². The van der Waals surface area contributed by atoms with Gasteiger partial charge in [0.25, 0.3) is 0 Å². The van der Waals surface area contributed by atoms with E-state index in [2.05, 4.69) is 0 Å². The Morgan fingerprint density at radius 2 is 2.27 bits per heavy atom. The fourth-order valence-electron chi connectivity index (χ4n) is 1.31. The lowest BCUT2D eigenvalue weighted by Crippen LogP contribution is -2.28. The minimum absolute atomic E-state index is 0.00386. The van der Waals surface area contributed by atoms with Crippen LogP contribution in [0.25, 0.3) is 0 Å². The van der Waals surface area contributed by atoms with Gasteiger partial charge in [0, 0.05) is 32.0 Å². The highest BCUT2D eigenvalue weighted by Gasteiger charge is 2.27. The van der Waals surface area contributed by atoms with Gasteiger partial charge in [0.2, 0.25) is 5.91 Å². The molecule has 1 aliphatic rings. The quantitative estimate of drug-likeness (QED) is 0.545. The average molecular weight is 159 g/mol. The average Bonchev–Trinajstić information content (AvgIpc) is 2.33. The summed E-state index contributed by atoms with van der Waals surface area (Å²) < 4.78 is 0. The molecule has 64 valence electrons. The third-order valence-corrected chi connectivity index (χ3v) is 1.92. The van der Waals surface area contributed by atoms with Crippen molar-refractivity contribution < 1.29 is 15.0 Å². The van der Waals surface area contributed by atoms with Gasteiger partial charge in [-0.15, -0.1) is 0 Å². The summed E-state index contributed by atoms with van der Waals surface area (Å²) >= 11 is 0. The largest absolute Gasteiger partial charge is 0.396 e. The van der Waals surface area contributed by atoms with E-state index in [1.54, 1.807) is 4.90 Å². The van der Waals surface area contributed by atoms with Gasteiger partial charge in [-0.2, -0.15) is 0 Å². The van der Waals surface area contributed by atoms with Gasteiger partial charge in [0.15, 0.2) is 0 Å². The van der Waals surface area contributed by atoms with Crippen molar-refractivity contribution in [3.8, 4) is 0 Å². The lowest BCUT2D eigenvalue weighted by molar-refractivity contribution is -0.128. The number of likely N-dealkylation sites (tertiary alicyclic amines) is 1. The summed E-state index contributed by atoms with van der Waals surface area (Å²) in [5.74, 6) is 0.118. The van der Waals surface area contributed by atoms with Crippen molar-refractivity contribution in [1.29, 1.82) is 0 Å². The van der Waals surface area contributed by atoms with Gasteiger partial charge in [0.1, 0.15) is 0 Å². The van der Waals surface area contributed by atoms with E-state index in [4.69, 9.17) is 10.2 Å². The van der Waals surface area contributed by atoms with Gasteiger partial charge in [-0.05, 0) is 0 Å². The van der Waals surface area contributed by atoms with Crippen LogP contribution in [-0.2, 0) is 4.79 Å². The van der Waals surface area contributed by atoms with E-state index in [1.807, 2.05) is 0 Å². The maximum atomic E-state index is 11.0. The molecule has 4 heteroatoms. The lowest BCUT2D eigenvalue weighted by Gasteiger charge is -2.13. The highest BCUT2D eigenvalue weighted by Crippen LogP contribution is 2.15. The normalized spacial score (nSPS) is 24.7. The topological polar surface area (TPSA) is 60.8 Å². The molecule has 1 fully saturated rings. The van der Waals surface area contributed by atoms with Crippen molar-refractivity contribution in [2.75, 3.05) is 26.3 Å². The number of amides is 1. The molecule has 0 bridgehead atoms. The molecule has 0 aromatic carbocycles. The molecule has 1 rings (SSSR count). The summed E-state index contributed by atoms with van der Waals surface area (Å²) in [5, 5.41) is 17.3. The Hall–Kier alpha value is -0.610. The fourth-order valence-corrected chi connectivity index (χ4v) is 1.31. The molecule has 1 saturated heterocycles. The Balaban J connectivity index is 2.38. The smallest absolute Gasteiger partial charge is 0.223 e. The molecule has 0 radical (unpaired) electrons. The summed E-state index contributed by atoms with van der Waals surface area (Å²) in [6.45, 7) is 1.06. The minimum atomic E-state index is 0.00386. The fraction of sp³-hybridized carbons (Fsp3) is 0.857. The number of hydrogen-bond acceptors (Lipinski definition) is 3. The number of β-amino-alcohol motifs (C(OH)–C–C–N with tert-alkyl or cyclic N) is 1. The zero-order valence-corrected chi connectivity index (χ0v) is 6.36. The van der Waals surface area contributed by atoms with E-state index in [9.17, 15) is 4.79 Å². The zero-order chi connectivity index (χ0) is 8.27. The van der Waals surface area contributed by atoms with Crippen molar-refractivity contribution in [3.63, 3.8) is 0 Å². The Labute approximate surface area is 65.4 Å². The minimum Gasteiger partial charge on any atom is -0.396 e. The Bertz CT molecular complexity index is 149. The molecular weight excluding hydrogens is 146 g/mol. The van der Waals surface area contributed by atoms with Crippen LogP contribution in [0, 0.1) is 5.92 Å². The summed E-state index contributed by atoms with van der Waals surface area (Å²) in [5.41, 5.74) is 0. The van der Waals surface area contributed by atoms with Crippen LogP contribution in [0.1, 0.15) is 6.42 Å². The second-order valence-electron chi connectivity index (χ2n) is 2.82. The van der Waals surface area contributed by atoms with Gasteiger partial charge in [-0.3, -0.25) is 4.79 Å². The van der Waals surface area contributed by atoms with Crippen LogP contribution in [0.2, 0.25) is 0 Å². The van der Waals surface area contributed by atoms with Crippen molar-refractivity contribution in [1.82, 2.24) is 4.90 Å². The Morgan fingerprint density at radius 3 is 2.73 bits per heavy atom. The molecule has 11 heavy (non-hydrogen) atoms. The van der Waals surface area contributed by atoms with Crippen molar-refractivity contribution >= 4 is 5.91 Å². The number of hydrogen-bond donors (Lipinski definition) is 2. The summed E-state index contributed by atoms with van der Waals surface area (Å²) in [4.78, 5) is 12.6. The van der Waals surface area contributed by atoms with Crippen LogP contribution in [-0.4, -0.2) is 47.3 Å². The van der Waals surface area contributed by atoms with E-state index in [0.29, 0.717) is 19.5 Å². The van der Waals surface area contributed by atoms with Crippen LogP contribution < -0.4 is 0 Å². The van der Waals surface area contributed by atoms with Crippen LogP contribution in [0.5, 0.6) is 0 Å². The standard InChI is InChI=1S/C7H13NO3/c9-2-1-8-4-6(5-10)3-7(8)11/h6,9-10H,1-5H2. The number of rotatable bonds is 3. The van der Waals surface area contributed by atoms with E-state index >= 15 is 0 Å². The van der Waals surface area contributed by atoms with Gasteiger partial charge in [-0.1, -0.05) is 0 Å². The SMILES string of the molecule is O=C1CC(CO)CN1CCO. The van der Waals surface area contributed by atoms with E-state index in [-0.39, 0.29) is 25.0 Å². The first-order valence-electron chi connectivity index (χ1n) is 3.77. The van der Waals surface area contributed by atoms with Gasteiger partial charge >= 0.3 is 0 Å². The van der Waals surface area contributed by atoms with Gasteiger partial charge in [-0.25, -0.2) is 0 Å². The monoisotopic (exact) mass is 159 g/mol. The number of nitrogens with zero attached hydrogens (tertiary/aromatic N) is 1. The highest BCUT2D eigenvalue weighted by atomic mass is 16.3. The Morgan fingerprint density at radius 1 is 1.55 bits per heavy atom. The molecule has 4 nitrogen and oxygen atoms in total. The molecule has 0 spiro atoms. The van der Waals surface area contributed by atoms with E-state index in [1.165, 1.54) is 0 Å². The molecule has 0 aromatic rings. The van der Waals surface area contributed by atoms with Crippen LogP contribution >= 0.6 is 0 Å². The first-order valence-corrected chi connectivity index (χ1v) is 3.77. The zero-order valence-electron chi connectivity index (χ0n) is 6.36.